The number of H-pyrrole nitrogens is 1. The van der Waals surface area contributed by atoms with Crippen LogP contribution in [0, 0.1) is 6.92 Å². The maximum Gasteiger partial charge on any atom is 0.339 e. The Morgan fingerprint density at radius 2 is 1.75 bits per heavy atom. The Bertz CT molecular complexity index is 935. The predicted molar refractivity (Wildman–Crippen MR) is 104 cm³/mol. The number of ketones is 1. The fourth-order valence-electron chi connectivity index (χ4n) is 2.83. The van der Waals surface area contributed by atoms with Crippen LogP contribution in [0.1, 0.15) is 39.0 Å². The average molecular weight is 409 g/mol. The summed E-state index contributed by atoms with van der Waals surface area (Å²) in [5.41, 5.74) is 1.49. The third-order valence-corrected chi connectivity index (χ3v) is 4.45. The number of halogens is 1. The van der Waals surface area contributed by atoms with E-state index in [1.54, 1.807) is 13.0 Å². The van der Waals surface area contributed by atoms with Crippen molar-refractivity contribution in [2.45, 2.75) is 20.3 Å². The molecule has 1 heterocycles. The molecule has 150 valence electrons. The molecule has 0 bridgehead atoms. The summed E-state index contributed by atoms with van der Waals surface area (Å²) in [5, 5.41) is 2.98. The predicted octanol–water partition coefficient (Wildman–Crippen LogP) is 3.16. The molecule has 0 saturated heterocycles. The second kappa shape index (κ2) is 8.79. The van der Waals surface area contributed by atoms with Crippen LogP contribution >= 0.6 is 11.6 Å². The van der Waals surface area contributed by atoms with E-state index in [1.165, 1.54) is 34.3 Å². The van der Waals surface area contributed by atoms with Crippen LogP contribution in [-0.2, 0) is 16.0 Å². The van der Waals surface area contributed by atoms with Crippen molar-refractivity contribution >= 4 is 34.9 Å². The van der Waals surface area contributed by atoms with Gasteiger partial charge in [-0.05, 0) is 18.6 Å². The van der Waals surface area contributed by atoms with E-state index in [1.807, 2.05) is 0 Å². The molecule has 0 spiro atoms. The number of rotatable bonds is 7. The summed E-state index contributed by atoms with van der Waals surface area (Å²) in [6.45, 7) is 2.99. The third kappa shape index (κ3) is 4.28. The van der Waals surface area contributed by atoms with E-state index in [0.29, 0.717) is 27.8 Å². The molecule has 0 aliphatic heterocycles. The summed E-state index contributed by atoms with van der Waals surface area (Å²) in [6.07, 6.45) is -0.189. The highest BCUT2D eigenvalue weighted by Gasteiger charge is 2.24. The highest BCUT2D eigenvalue weighted by atomic mass is 35.5. The maximum atomic E-state index is 12.6. The van der Waals surface area contributed by atoms with Gasteiger partial charge in [0.05, 0.1) is 49.7 Å². The molecule has 9 heteroatoms. The number of Topliss-reactive ketones (excluding diaryl/α,β-unsaturated/α-hetero) is 1. The van der Waals surface area contributed by atoms with Gasteiger partial charge in [0.2, 0.25) is 5.91 Å². The van der Waals surface area contributed by atoms with Crippen molar-refractivity contribution in [3.63, 3.8) is 0 Å². The van der Waals surface area contributed by atoms with Crippen molar-refractivity contribution in [3.8, 4) is 11.5 Å². The minimum absolute atomic E-state index is 0.169. The topological polar surface area (TPSA) is 107 Å². The van der Waals surface area contributed by atoms with E-state index in [-0.39, 0.29) is 29.2 Å². The van der Waals surface area contributed by atoms with Crippen molar-refractivity contribution < 1.29 is 28.6 Å². The first-order valence-electron chi connectivity index (χ1n) is 8.25. The van der Waals surface area contributed by atoms with E-state index in [4.69, 9.17) is 25.8 Å². The van der Waals surface area contributed by atoms with E-state index in [0.717, 1.165) is 0 Å². The van der Waals surface area contributed by atoms with Crippen LogP contribution in [-0.4, -0.2) is 44.0 Å². The smallest absolute Gasteiger partial charge is 0.339 e. The van der Waals surface area contributed by atoms with Crippen LogP contribution in [0.2, 0.25) is 5.02 Å². The molecular formula is C19H21ClN2O6. The van der Waals surface area contributed by atoms with Gasteiger partial charge in [-0.2, -0.15) is 0 Å². The highest BCUT2D eigenvalue weighted by molar-refractivity contribution is 6.32. The zero-order valence-electron chi connectivity index (χ0n) is 16.2. The molecule has 0 aliphatic carbocycles. The number of anilines is 1. The molecule has 1 amide bonds. The summed E-state index contributed by atoms with van der Waals surface area (Å²) in [4.78, 5) is 39.3. The number of hydrogen-bond acceptors (Lipinski definition) is 6. The summed E-state index contributed by atoms with van der Waals surface area (Å²) in [7, 11) is 4.14. The Kier molecular flexibility index (Phi) is 6.69. The number of esters is 1. The standard InChI is InChI=1S/C19H21ClN2O6/c1-9-17(19(25)28-5)13(22-18(9)10(2)23)7-16(24)21-12-6-11(20)14(26-3)8-15(12)27-4/h6,8,22H,7H2,1-5H3,(H,21,24). The summed E-state index contributed by atoms with van der Waals surface area (Å²) < 4.78 is 15.1. The van der Waals surface area contributed by atoms with Gasteiger partial charge in [0.25, 0.3) is 0 Å². The number of aromatic amines is 1. The molecule has 2 aromatic rings. The number of methoxy groups -OCH3 is 3. The number of nitrogens with one attached hydrogen (secondary N) is 2. The summed E-state index contributed by atoms with van der Waals surface area (Å²) >= 11 is 6.11. The van der Waals surface area contributed by atoms with Crippen LogP contribution in [0.5, 0.6) is 11.5 Å². The highest BCUT2D eigenvalue weighted by Crippen LogP contribution is 2.36. The first kappa shape index (κ1) is 21.3. The van der Waals surface area contributed by atoms with E-state index in [9.17, 15) is 14.4 Å². The van der Waals surface area contributed by atoms with E-state index < -0.39 is 11.9 Å². The normalized spacial score (nSPS) is 10.4. The molecule has 28 heavy (non-hydrogen) atoms. The first-order chi connectivity index (χ1) is 13.2. The van der Waals surface area contributed by atoms with Gasteiger partial charge >= 0.3 is 5.97 Å². The Morgan fingerprint density at radius 1 is 1.11 bits per heavy atom. The van der Waals surface area contributed by atoms with Gasteiger partial charge < -0.3 is 24.5 Å². The van der Waals surface area contributed by atoms with Crippen molar-refractivity contribution in [1.29, 1.82) is 0 Å². The largest absolute Gasteiger partial charge is 0.495 e. The maximum absolute atomic E-state index is 12.6. The second-order valence-corrected chi connectivity index (χ2v) is 6.35. The lowest BCUT2D eigenvalue weighted by molar-refractivity contribution is -0.115. The van der Waals surface area contributed by atoms with Gasteiger partial charge in [-0.3, -0.25) is 9.59 Å². The van der Waals surface area contributed by atoms with Gasteiger partial charge in [-0.1, -0.05) is 11.6 Å². The Balaban J connectivity index is 2.34. The Labute approximate surface area is 167 Å². The van der Waals surface area contributed by atoms with Crippen molar-refractivity contribution in [2.24, 2.45) is 0 Å². The molecule has 1 aromatic carbocycles. The Hall–Kier alpha value is -3.00. The zero-order chi connectivity index (χ0) is 21.0. The number of aromatic nitrogens is 1. The molecule has 1 aromatic heterocycles. The monoisotopic (exact) mass is 408 g/mol. The second-order valence-electron chi connectivity index (χ2n) is 5.94. The SMILES string of the molecule is COC(=O)c1c(CC(=O)Nc2cc(Cl)c(OC)cc2OC)[nH]c(C(C)=O)c1C. The summed E-state index contributed by atoms with van der Waals surface area (Å²) in [6, 6.07) is 3.05. The summed E-state index contributed by atoms with van der Waals surface area (Å²) in [5.74, 6) is -0.571. The van der Waals surface area contributed by atoms with Crippen LogP contribution in [0.4, 0.5) is 5.69 Å². The molecule has 0 unspecified atom stereocenters. The number of hydrogen-bond donors (Lipinski definition) is 2. The minimum atomic E-state index is -0.630. The molecule has 0 radical (unpaired) electrons. The first-order valence-corrected chi connectivity index (χ1v) is 8.63. The quantitative estimate of drug-likeness (QED) is 0.538. The Morgan fingerprint density at radius 3 is 2.29 bits per heavy atom. The number of amides is 1. The molecule has 0 fully saturated rings. The minimum Gasteiger partial charge on any atom is -0.495 e. The van der Waals surface area contributed by atoms with Gasteiger partial charge in [-0.15, -0.1) is 0 Å². The lowest BCUT2D eigenvalue weighted by atomic mass is 10.1. The van der Waals surface area contributed by atoms with Crippen LogP contribution in [0.15, 0.2) is 12.1 Å². The lowest BCUT2D eigenvalue weighted by Gasteiger charge is -2.13. The molecular weight excluding hydrogens is 388 g/mol. The van der Waals surface area contributed by atoms with Gasteiger partial charge in [-0.25, -0.2) is 4.79 Å². The fourth-order valence-corrected chi connectivity index (χ4v) is 3.07. The van der Waals surface area contributed by atoms with Crippen LogP contribution in [0.3, 0.4) is 0 Å². The van der Waals surface area contributed by atoms with Gasteiger partial charge in [0.15, 0.2) is 5.78 Å². The van der Waals surface area contributed by atoms with E-state index in [2.05, 4.69) is 10.3 Å². The number of carbonyl (C=O) groups is 3. The zero-order valence-corrected chi connectivity index (χ0v) is 16.9. The van der Waals surface area contributed by atoms with Gasteiger partial charge in [0.1, 0.15) is 11.5 Å². The van der Waals surface area contributed by atoms with Crippen LogP contribution in [0.25, 0.3) is 0 Å². The molecule has 0 aliphatic rings. The molecule has 2 N–H and O–H groups in total. The molecule has 8 nitrogen and oxygen atoms in total. The molecule has 0 atom stereocenters. The third-order valence-electron chi connectivity index (χ3n) is 4.15. The molecule has 2 rings (SSSR count). The van der Waals surface area contributed by atoms with Crippen LogP contribution < -0.4 is 14.8 Å². The van der Waals surface area contributed by atoms with E-state index >= 15 is 0 Å². The fraction of sp³-hybridized carbons (Fsp3) is 0.316. The van der Waals surface area contributed by atoms with Crippen molar-refractivity contribution in [3.05, 3.63) is 39.7 Å². The number of carbonyl (C=O) groups excluding carboxylic acids is 3. The average Bonchev–Trinajstić information content (AvgIpc) is 2.97. The van der Waals surface area contributed by atoms with Crippen molar-refractivity contribution in [2.75, 3.05) is 26.6 Å². The molecule has 0 saturated carbocycles. The lowest BCUT2D eigenvalue weighted by Crippen LogP contribution is -2.17. The number of ether oxygens (including phenoxy) is 3. The van der Waals surface area contributed by atoms with Gasteiger partial charge in [0, 0.05) is 18.7 Å². The number of benzene rings is 1. The van der Waals surface area contributed by atoms with Crippen molar-refractivity contribution in [1.82, 2.24) is 4.98 Å².